The van der Waals surface area contributed by atoms with Crippen LogP contribution in [0.2, 0.25) is 0 Å². The zero-order valence-electron chi connectivity index (χ0n) is 11.2. The Morgan fingerprint density at radius 2 is 1.74 bits per heavy atom. The SMILES string of the molecule is C=C(CCSc1ccc(C)cc1)[Si]c1ccccc1. The van der Waals surface area contributed by atoms with Gasteiger partial charge in [-0.2, -0.15) is 0 Å². The van der Waals surface area contributed by atoms with Crippen LogP contribution in [0.25, 0.3) is 0 Å². The fourth-order valence-corrected chi connectivity index (χ4v) is 3.83. The molecule has 2 aromatic rings. The minimum absolute atomic E-state index is 0.736. The van der Waals surface area contributed by atoms with E-state index >= 15 is 0 Å². The monoisotopic (exact) mass is 282 g/mol. The molecule has 19 heavy (non-hydrogen) atoms. The Bertz CT molecular complexity index is 517. The van der Waals surface area contributed by atoms with Crippen molar-refractivity contribution in [2.45, 2.75) is 18.2 Å². The van der Waals surface area contributed by atoms with Crippen molar-refractivity contribution >= 4 is 26.5 Å². The van der Waals surface area contributed by atoms with Gasteiger partial charge in [0.25, 0.3) is 0 Å². The molecule has 2 heteroatoms. The summed E-state index contributed by atoms with van der Waals surface area (Å²) in [6.45, 7) is 6.32. The summed E-state index contributed by atoms with van der Waals surface area (Å²) in [5.74, 6) is 1.11. The summed E-state index contributed by atoms with van der Waals surface area (Å²) in [7, 11) is 0.736. The van der Waals surface area contributed by atoms with Crippen LogP contribution in [-0.4, -0.2) is 15.3 Å². The number of aryl methyl sites for hydroxylation is 1. The summed E-state index contributed by atoms with van der Waals surface area (Å²) in [4.78, 5) is 1.35. The fourth-order valence-electron chi connectivity index (χ4n) is 1.71. The van der Waals surface area contributed by atoms with Gasteiger partial charge in [0.1, 0.15) is 9.52 Å². The zero-order chi connectivity index (χ0) is 13.5. The van der Waals surface area contributed by atoms with Gasteiger partial charge in [-0.25, -0.2) is 0 Å². The lowest BCUT2D eigenvalue weighted by Gasteiger charge is -2.05. The summed E-state index contributed by atoms with van der Waals surface area (Å²) < 4.78 is 0. The first kappa shape index (κ1) is 14.2. The van der Waals surface area contributed by atoms with Crippen molar-refractivity contribution in [3.8, 4) is 0 Å². The molecular formula is C17H18SSi. The summed E-state index contributed by atoms with van der Waals surface area (Å²) in [6.07, 6.45) is 1.09. The number of hydrogen-bond acceptors (Lipinski definition) is 1. The van der Waals surface area contributed by atoms with E-state index in [-0.39, 0.29) is 0 Å². The Morgan fingerprint density at radius 1 is 1.05 bits per heavy atom. The fraction of sp³-hybridized carbons (Fsp3) is 0.176. The molecule has 0 nitrogen and oxygen atoms in total. The van der Waals surface area contributed by atoms with Crippen LogP contribution in [0, 0.1) is 6.92 Å². The van der Waals surface area contributed by atoms with Gasteiger partial charge in [0.2, 0.25) is 0 Å². The molecule has 0 aliphatic rings. The maximum absolute atomic E-state index is 4.19. The van der Waals surface area contributed by atoms with Gasteiger partial charge in [0.05, 0.1) is 0 Å². The van der Waals surface area contributed by atoms with E-state index in [1.165, 1.54) is 20.8 Å². The zero-order valence-corrected chi connectivity index (χ0v) is 13.0. The maximum Gasteiger partial charge on any atom is 0.115 e. The molecule has 2 aromatic carbocycles. The predicted molar refractivity (Wildman–Crippen MR) is 87.5 cm³/mol. The van der Waals surface area contributed by atoms with E-state index in [2.05, 4.69) is 68.1 Å². The average molecular weight is 282 g/mol. The van der Waals surface area contributed by atoms with E-state index in [1.54, 1.807) is 0 Å². The molecule has 0 spiro atoms. The van der Waals surface area contributed by atoms with Crippen LogP contribution >= 0.6 is 11.8 Å². The maximum atomic E-state index is 4.19. The van der Waals surface area contributed by atoms with Gasteiger partial charge in [-0.15, -0.1) is 18.3 Å². The van der Waals surface area contributed by atoms with Crippen molar-refractivity contribution in [2.75, 3.05) is 5.75 Å². The molecule has 0 aliphatic carbocycles. The number of benzene rings is 2. The molecule has 0 saturated heterocycles. The molecule has 0 aromatic heterocycles. The molecule has 2 rings (SSSR count). The van der Waals surface area contributed by atoms with Crippen LogP contribution in [0.3, 0.4) is 0 Å². The van der Waals surface area contributed by atoms with Crippen molar-refractivity contribution in [3.05, 3.63) is 71.9 Å². The van der Waals surface area contributed by atoms with Crippen molar-refractivity contribution in [2.24, 2.45) is 0 Å². The molecule has 0 unspecified atom stereocenters. The number of hydrogen-bond donors (Lipinski definition) is 0. The first-order valence-corrected chi connectivity index (χ1v) is 8.42. The van der Waals surface area contributed by atoms with E-state index in [9.17, 15) is 0 Å². The van der Waals surface area contributed by atoms with E-state index in [0.717, 1.165) is 21.7 Å². The molecule has 96 valence electrons. The van der Waals surface area contributed by atoms with Crippen LogP contribution in [0.5, 0.6) is 0 Å². The molecule has 0 amide bonds. The Hall–Kier alpha value is -1.25. The molecule has 0 saturated carbocycles. The van der Waals surface area contributed by atoms with E-state index in [4.69, 9.17) is 0 Å². The van der Waals surface area contributed by atoms with Gasteiger partial charge < -0.3 is 0 Å². The van der Waals surface area contributed by atoms with Crippen LogP contribution in [0.1, 0.15) is 12.0 Å². The third-order valence-corrected chi connectivity index (χ3v) is 5.03. The van der Waals surface area contributed by atoms with Gasteiger partial charge in [-0.1, -0.05) is 58.4 Å². The second kappa shape index (κ2) is 7.36. The largest absolute Gasteiger partial charge is 0.126 e. The highest BCUT2D eigenvalue weighted by molar-refractivity contribution is 7.99. The first-order chi connectivity index (χ1) is 9.24. The summed E-state index contributed by atoms with van der Waals surface area (Å²) in [5.41, 5.74) is 1.32. The second-order valence-corrected chi connectivity index (χ2v) is 7.21. The Kier molecular flexibility index (Phi) is 5.49. The van der Waals surface area contributed by atoms with Crippen LogP contribution in [0.15, 0.2) is 71.3 Å². The normalized spacial score (nSPS) is 10.4. The Labute approximate surface area is 122 Å². The third kappa shape index (κ3) is 5.09. The Morgan fingerprint density at radius 3 is 2.42 bits per heavy atom. The minimum Gasteiger partial charge on any atom is -0.126 e. The molecule has 0 aliphatic heterocycles. The topological polar surface area (TPSA) is 0 Å². The highest BCUT2D eigenvalue weighted by Crippen LogP contribution is 2.20. The van der Waals surface area contributed by atoms with Crippen LogP contribution < -0.4 is 5.19 Å². The molecule has 0 N–H and O–H groups in total. The number of thioether (sulfide) groups is 1. The predicted octanol–water partition coefficient (Wildman–Crippen LogP) is 4.02. The molecule has 0 fully saturated rings. The number of allylic oxidation sites excluding steroid dienone is 1. The van der Waals surface area contributed by atoms with Crippen molar-refractivity contribution in [1.29, 1.82) is 0 Å². The number of rotatable bonds is 6. The molecule has 0 atom stereocenters. The standard InChI is InChI=1S/C17H18SSi/c1-14-8-10-16(11-9-14)18-13-12-15(2)19-17-6-4-3-5-7-17/h3-11H,2,12-13H2,1H3. The van der Waals surface area contributed by atoms with Gasteiger partial charge in [-0.05, 0) is 25.5 Å². The summed E-state index contributed by atoms with van der Waals surface area (Å²) in [6, 6.07) is 19.3. The third-order valence-electron chi connectivity index (χ3n) is 2.79. The molecule has 0 bridgehead atoms. The van der Waals surface area contributed by atoms with Crippen molar-refractivity contribution in [1.82, 2.24) is 0 Å². The Balaban J connectivity index is 1.74. The molecular weight excluding hydrogens is 264 g/mol. The lowest BCUT2D eigenvalue weighted by Crippen LogP contribution is -2.15. The second-order valence-electron chi connectivity index (χ2n) is 4.51. The van der Waals surface area contributed by atoms with Gasteiger partial charge in [0.15, 0.2) is 0 Å². The van der Waals surface area contributed by atoms with Crippen molar-refractivity contribution < 1.29 is 0 Å². The van der Waals surface area contributed by atoms with Crippen LogP contribution in [0.4, 0.5) is 0 Å². The van der Waals surface area contributed by atoms with Crippen molar-refractivity contribution in [3.63, 3.8) is 0 Å². The lowest BCUT2D eigenvalue weighted by molar-refractivity contribution is 1.21. The first-order valence-electron chi connectivity index (χ1n) is 6.43. The highest BCUT2D eigenvalue weighted by atomic mass is 32.2. The van der Waals surface area contributed by atoms with Crippen LogP contribution in [-0.2, 0) is 0 Å². The quantitative estimate of drug-likeness (QED) is 0.569. The minimum atomic E-state index is 0.736. The average Bonchev–Trinajstić information content (AvgIpc) is 2.42. The van der Waals surface area contributed by atoms with Gasteiger partial charge >= 0.3 is 0 Å². The lowest BCUT2D eigenvalue weighted by atomic mass is 10.2. The molecule has 2 radical (unpaired) electrons. The van der Waals surface area contributed by atoms with E-state index < -0.39 is 0 Å². The van der Waals surface area contributed by atoms with E-state index in [1.807, 2.05) is 11.8 Å². The highest BCUT2D eigenvalue weighted by Gasteiger charge is 2.00. The smallest absolute Gasteiger partial charge is 0.115 e. The molecule has 0 heterocycles. The van der Waals surface area contributed by atoms with E-state index in [0.29, 0.717) is 0 Å². The van der Waals surface area contributed by atoms with Gasteiger partial charge in [-0.3, -0.25) is 0 Å². The summed E-state index contributed by atoms with van der Waals surface area (Å²) >= 11 is 1.91. The van der Waals surface area contributed by atoms with Gasteiger partial charge in [0, 0.05) is 10.6 Å². The summed E-state index contributed by atoms with van der Waals surface area (Å²) in [5, 5.41) is 2.72.